The van der Waals surface area contributed by atoms with Crippen molar-refractivity contribution in [2.24, 2.45) is 5.73 Å². The summed E-state index contributed by atoms with van der Waals surface area (Å²) in [5.41, 5.74) is 6.05. The zero-order chi connectivity index (χ0) is 11.7. The van der Waals surface area contributed by atoms with Crippen LogP contribution in [0.5, 0.6) is 0 Å². The summed E-state index contributed by atoms with van der Waals surface area (Å²) >= 11 is 0. The molecule has 4 nitrogen and oxygen atoms in total. The topological polar surface area (TPSA) is 55.6 Å². The Morgan fingerprint density at radius 2 is 1.94 bits per heavy atom. The summed E-state index contributed by atoms with van der Waals surface area (Å²) in [5.74, 6) is -0.118. The number of nitrogens with zero attached hydrogens (tertiary/aromatic N) is 1. The molecule has 3 atom stereocenters. The maximum atomic E-state index is 11.6. The lowest BCUT2D eigenvalue weighted by Gasteiger charge is -2.50. The van der Waals surface area contributed by atoms with Crippen molar-refractivity contribution in [3.05, 3.63) is 0 Å². The molecule has 2 bridgehead atoms. The number of hydrogen-bond donors (Lipinski definition) is 1. The SMILES string of the molecule is COC(=O)C(C)N1C2CCCC1CC(N)C2. The third kappa shape index (κ3) is 2.09. The number of methoxy groups -OCH3 is 1. The monoisotopic (exact) mass is 226 g/mol. The van der Waals surface area contributed by atoms with Crippen molar-refractivity contribution in [3.8, 4) is 0 Å². The number of ether oxygens (including phenoxy) is 1. The molecule has 0 saturated carbocycles. The molecule has 0 aromatic carbocycles. The van der Waals surface area contributed by atoms with Crippen molar-refractivity contribution in [1.29, 1.82) is 0 Å². The fraction of sp³-hybridized carbons (Fsp3) is 0.917. The number of esters is 1. The molecule has 4 heteroatoms. The van der Waals surface area contributed by atoms with E-state index in [9.17, 15) is 4.79 Å². The molecule has 2 aliphatic rings. The van der Waals surface area contributed by atoms with Crippen molar-refractivity contribution < 1.29 is 9.53 Å². The molecule has 0 aromatic rings. The molecule has 2 heterocycles. The molecule has 0 aromatic heterocycles. The lowest BCUT2D eigenvalue weighted by atomic mass is 9.81. The van der Waals surface area contributed by atoms with Gasteiger partial charge in [0.1, 0.15) is 6.04 Å². The van der Waals surface area contributed by atoms with E-state index in [1.54, 1.807) is 0 Å². The normalized spacial score (nSPS) is 36.8. The molecular weight excluding hydrogens is 204 g/mol. The maximum absolute atomic E-state index is 11.6. The van der Waals surface area contributed by atoms with E-state index in [1.807, 2.05) is 6.92 Å². The van der Waals surface area contributed by atoms with Crippen LogP contribution in [0.25, 0.3) is 0 Å². The van der Waals surface area contributed by atoms with Crippen LogP contribution >= 0.6 is 0 Å². The number of carbonyl (C=O) groups is 1. The highest BCUT2D eigenvalue weighted by Crippen LogP contribution is 2.35. The van der Waals surface area contributed by atoms with Crippen molar-refractivity contribution in [1.82, 2.24) is 4.90 Å². The maximum Gasteiger partial charge on any atom is 0.322 e. The summed E-state index contributed by atoms with van der Waals surface area (Å²) in [4.78, 5) is 14.0. The van der Waals surface area contributed by atoms with Gasteiger partial charge in [0.2, 0.25) is 0 Å². The third-order valence-electron chi connectivity index (χ3n) is 4.06. The third-order valence-corrected chi connectivity index (χ3v) is 4.06. The standard InChI is InChI=1S/C12H22N2O2/c1-8(12(15)16-2)14-10-4-3-5-11(14)7-9(13)6-10/h8-11H,3-7,13H2,1-2H3. The summed E-state index contributed by atoms with van der Waals surface area (Å²) in [5, 5.41) is 0. The molecule has 2 rings (SSSR count). The van der Waals surface area contributed by atoms with Gasteiger partial charge in [-0.3, -0.25) is 9.69 Å². The van der Waals surface area contributed by atoms with Crippen LogP contribution in [0.15, 0.2) is 0 Å². The Morgan fingerprint density at radius 3 is 2.44 bits per heavy atom. The lowest BCUT2D eigenvalue weighted by molar-refractivity contribution is -0.151. The molecule has 2 N–H and O–H groups in total. The van der Waals surface area contributed by atoms with Crippen LogP contribution in [0.2, 0.25) is 0 Å². The van der Waals surface area contributed by atoms with Crippen molar-refractivity contribution >= 4 is 5.97 Å². The van der Waals surface area contributed by atoms with Gasteiger partial charge in [-0.05, 0) is 32.6 Å². The van der Waals surface area contributed by atoms with Crippen LogP contribution in [0.1, 0.15) is 39.0 Å². The van der Waals surface area contributed by atoms with Crippen molar-refractivity contribution in [2.45, 2.75) is 63.2 Å². The molecule has 0 radical (unpaired) electrons. The van der Waals surface area contributed by atoms with Crippen LogP contribution in [-0.4, -0.2) is 42.1 Å². The molecule has 2 aliphatic heterocycles. The summed E-state index contributed by atoms with van der Waals surface area (Å²) in [6, 6.07) is 1.16. The zero-order valence-corrected chi connectivity index (χ0v) is 10.2. The van der Waals surface area contributed by atoms with Crippen molar-refractivity contribution in [2.75, 3.05) is 7.11 Å². The molecule has 3 unspecified atom stereocenters. The lowest BCUT2D eigenvalue weighted by Crippen LogP contribution is -2.60. The molecule has 0 spiro atoms. The van der Waals surface area contributed by atoms with Gasteiger partial charge in [0.05, 0.1) is 7.11 Å². The number of carbonyl (C=O) groups excluding carboxylic acids is 1. The quantitative estimate of drug-likeness (QED) is 0.711. The minimum Gasteiger partial charge on any atom is -0.468 e. The van der Waals surface area contributed by atoms with Gasteiger partial charge in [-0.15, -0.1) is 0 Å². The summed E-state index contributed by atoms with van der Waals surface area (Å²) in [6.45, 7) is 1.95. The average molecular weight is 226 g/mol. The predicted octanol–water partition coefficient (Wildman–Crippen LogP) is 0.892. The first-order chi connectivity index (χ1) is 7.63. The van der Waals surface area contributed by atoms with Crippen LogP contribution in [0.4, 0.5) is 0 Å². The van der Waals surface area contributed by atoms with Crippen LogP contribution < -0.4 is 5.73 Å². The Hall–Kier alpha value is -0.610. The minimum absolute atomic E-state index is 0.118. The molecule has 2 fully saturated rings. The van der Waals surface area contributed by atoms with E-state index in [0.29, 0.717) is 18.1 Å². The largest absolute Gasteiger partial charge is 0.468 e. The molecule has 92 valence electrons. The fourth-order valence-corrected chi connectivity index (χ4v) is 3.38. The van der Waals surface area contributed by atoms with Gasteiger partial charge < -0.3 is 10.5 Å². The summed E-state index contributed by atoms with van der Waals surface area (Å²) in [6.07, 6.45) is 5.67. The van der Waals surface area contributed by atoms with E-state index in [1.165, 1.54) is 26.4 Å². The van der Waals surface area contributed by atoms with Gasteiger partial charge in [-0.1, -0.05) is 6.42 Å². The van der Waals surface area contributed by atoms with Gasteiger partial charge in [-0.2, -0.15) is 0 Å². The first-order valence-corrected chi connectivity index (χ1v) is 6.24. The summed E-state index contributed by atoms with van der Waals surface area (Å²) in [7, 11) is 1.46. The van der Waals surface area contributed by atoms with E-state index in [0.717, 1.165) is 12.8 Å². The molecule has 16 heavy (non-hydrogen) atoms. The predicted molar refractivity (Wildman–Crippen MR) is 62.0 cm³/mol. The number of rotatable bonds is 2. The number of piperidine rings is 2. The van der Waals surface area contributed by atoms with E-state index >= 15 is 0 Å². The molecular formula is C12H22N2O2. The van der Waals surface area contributed by atoms with Gasteiger partial charge in [-0.25, -0.2) is 0 Å². The van der Waals surface area contributed by atoms with E-state index in [-0.39, 0.29) is 12.0 Å². The highest BCUT2D eigenvalue weighted by atomic mass is 16.5. The first kappa shape index (κ1) is 11.9. The van der Waals surface area contributed by atoms with Crippen LogP contribution in [-0.2, 0) is 9.53 Å². The first-order valence-electron chi connectivity index (χ1n) is 6.24. The van der Waals surface area contributed by atoms with Gasteiger partial charge in [0.25, 0.3) is 0 Å². The van der Waals surface area contributed by atoms with Gasteiger partial charge >= 0.3 is 5.97 Å². The smallest absolute Gasteiger partial charge is 0.322 e. The Morgan fingerprint density at radius 1 is 1.38 bits per heavy atom. The van der Waals surface area contributed by atoms with Crippen LogP contribution in [0.3, 0.4) is 0 Å². The zero-order valence-electron chi connectivity index (χ0n) is 10.2. The van der Waals surface area contributed by atoms with Gasteiger partial charge in [0, 0.05) is 18.1 Å². The average Bonchev–Trinajstić information content (AvgIpc) is 2.25. The second-order valence-corrected chi connectivity index (χ2v) is 5.12. The number of nitrogens with two attached hydrogens (primary N) is 1. The molecule has 0 amide bonds. The van der Waals surface area contributed by atoms with E-state index in [4.69, 9.17) is 10.5 Å². The van der Waals surface area contributed by atoms with Gasteiger partial charge in [0.15, 0.2) is 0 Å². The Bertz CT molecular complexity index is 256. The Labute approximate surface area is 97.1 Å². The fourth-order valence-electron chi connectivity index (χ4n) is 3.38. The Balaban J connectivity index is 2.11. The molecule has 0 aliphatic carbocycles. The second kappa shape index (κ2) is 4.72. The van der Waals surface area contributed by atoms with E-state index < -0.39 is 0 Å². The summed E-state index contributed by atoms with van der Waals surface area (Å²) < 4.78 is 4.85. The Kier molecular flexibility index (Phi) is 3.50. The second-order valence-electron chi connectivity index (χ2n) is 5.12. The number of hydrogen-bond acceptors (Lipinski definition) is 4. The number of fused-ring (bicyclic) bond motifs is 2. The molecule has 2 saturated heterocycles. The van der Waals surface area contributed by atoms with Crippen molar-refractivity contribution in [3.63, 3.8) is 0 Å². The van der Waals surface area contributed by atoms with E-state index in [2.05, 4.69) is 4.90 Å². The highest BCUT2D eigenvalue weighted by Gasteiger charge is 2.41. The highest BCUT2D eigenvalue weighted by molar-refractivity contribution is 5.75. The van der Waals surface area contributed by atoms with Crippen LogP contribution in [0, 0.1) is 0 Å². The minimum atomic E-state index is -0.118.